The summed E-state index contributed by atoms with van der Waals surface area (Å²) in [6.45, 7) is 2.27. The Morgan fingerprint density at radius 3 is 2.57 bits per heavy atom. The molecule has 3 rings (SSSR count). The zero-order valence-electron chi connectivity index (χ0n) is 12.4. The van der Waals surface area contributed by atoms with E-state index in [0.29, 0.717) is 17.4 Å². The first-order valence-electron chi connectivity index (χ1n) is 7.00. The summed E-state index contributed by atoms with van der Waals surface area (Å²) < 4.78 is 1.79. The summed E-state index contributed by atoms with van der Waals surface area (Å²) in [6.07, 6.45) is 3.48. The lowest BCUT2D eigenvalue weighted by Crippen LogP contribution is -2.24. The lowest BCUT2D eigenvalue weighted by molar-refractivity contribution is 0.0945. The van der Waals surface area contributed by atoms with E-state index in [4.69, 9.17) is 11.6 Å². The Balaban J connectivity index is 1.66. The standard InChI is InChI=1S/C16H14ClN5O/c1-11-18-8-9-22(11)15-7-6-14(20-21-15)16(23)19-10-12-2-4-13(17)5-3-12/h2-9H,10H2,1H3,(H,19,23). The quantitative estimate of drug-likeness (QED) is 0.799. The third kappa shape index (κ3) is 3.54. The smallest absolute Gasteiger partial charge is 0.272 e. The molecule has 1 amide bonds. The molecule has 3 aromatic rings. The molecule has 0 bridgehead atoms. The maximum absolute atomic E-state index is 12.1. The fourth-order valence-electron chi connectivity index (χ4n) is 2.07. The Morgan fingerprint density at radius 2 is 1.96 bits per heavy atom. The van der Waals surface area contributed by atoms with Crippen LogP contribution in [-0.2, 0) is 6.54 Å². The highest BCUT2D eigenvalue weighted by atomic mass is 35.5. The van der Waals surface area contributed by atoms with Crippen molar-refractivity contribution in [3.63, 3.8) is 0 Å². The Kier molecular flexibility index (Phi) is 4.34. The maximum atomic E-state index is 12.1. The number of amides is 1. The number of carbonyl (C=O) groups is 1. The molecule has 1 aromatic carbocycles. The molecule has 23 heavy (non-hydrogen) atoms. The van der Waals surface area contributed by atoms with Gasteiger partial charge >= 0.3 is 0 Å². The van der Waals surface area contributed by atoms with E-state index >= 15 is 0 Å². The molecule has 0 atom stereocenters. The number of rotatable bonds is 4. The summed E-state index contributed by atoms with van der Waals surface area (Å²) in [6, 6.07) is 10.7. The molecule has 1 N–H and O–H groups in total. The Labute approximate surface area is 138 Å². The van der Waals surface area contributed by atoms with Crippen LogP contribution in [0.15, 0.2) is 48.8 Å². The number of aromatic nitrogens is 4. The van der Waals surface area contributed by atoms with Crippen LogP contribution in [0.4, 0.5) is 0 Å². The molecule has 0 radical (unpaired) electrons. The molecule has 0 saturated carbocycles. The predicted molar refractivity (Wildman–Crippen MR) is 86.5 cm³/mol. The molecule has 0 spiro atoms. The van der Waals surface area contributed by atoms with Crippen LogP contribution >= 0.6 is 11.6 Å². The number of benzene rings is 1. The maximum Gasteiger partial charge on any atom is 0.272 e. The van der Waals surface area contributed by atoms with Gasteiger partial charge in [-0.25, -0.2) is 4.98 Å². The van der Waals surface area contributed by atoms with Crippen LogP contribution in [0.2, 0.25) is 5.02 Å². The van der Waals surface area contributed by atoms with Crippen molar-refractivity contribution in [1.82, 2.24) is 25.1 Å². The number of halogens is 1. The molecule has 0 fully saturated rings. The highest BCUT2D eigenvalue weighted by Gasteiger charge is 2.09. The van der Waals surface area contributed by atoms with Crippen LogP contribution < -0.4 is 5.32 Å². The molecule has 0 aliphatic carbocycles. The van der Waals surface area contributed by atoms with Crippen molar-refractivity contribution in [1.29, 1.82) is 0 Å². The van der Waals surface area contributed by atoms with E-state index in [1.807, 2.05) is 19.1 Å². The van der Waals surface area contributed by atoms with Gasteiger partial charge in [-0.3, -0.25) is 9.36 Å². The van der Waals surface area contributed by atoms with Gasteiger partial charge in [-0.05, 0) is 36.8 Å². The van der Waals surface area contributed by atoms with Gasteiger partial charge in [0.15, 0.2) is 11.5 Å². The van der Waals surface area contributed by atoms with E-state index in [-0.39, 0.29) is 11.6 Å². The SMILES string of the molecule is Cc1nccn1-c1ccc(C(=O)NCc2ccc(Cl)cc2)nn1. The predicted octanol–water partition coefficient (Wildman–Crippen LogP) is 2.55. The first-order valence-corrected chi connectivity index (χ1v) is 7.38. The van der Waals surface area contributed by atoms with Crippen LogP contribution in [0.1, 0.15) is 21.9 Å². The first kappa shape index (κ1) is 15.2. The van der Waals surface area contributed by atoms with Gasteiger partial charge in [0.1, 0.15) is 5.82 Å². The molecular formula is C16H14ClN5O. The third-order valence-electron chi connectivity index (χ3n) is 3.32. The second kappa shape index (κ2) is 6.58. The second-order valence-corrected chi connectivity index (χ2v) is 5.37. The van der Waals surface area contributed by atoms with Gasteiger partial charge in [-0.15, -0.1) is 10.2 Å². The highest BCUT2D eigenvalue weighted by Crippen LogP contribution is 2.10. The Bertz CT molecular complexity index is 811. The van der Waals surface area contributed by atoms with E-state index < -0.39 is 0 Å². The Morgan fingerprint density at radius 1 is 1.17 bits per heavy atom. The van der Waals surface area contributed by atoms with Crippen molar-refractivity contribution >= 4 is 17.5 Å². The number of imidazole rings is 1. The molecule has 2 heterocycles. The minimum atomic E-state index is -0.277. The monoisotopic (exact) mass is 327 g/mol. The summed E-state index contributed by atoms with van der Waals surface area (Å²) in [5.41, 5.74) is 1.22. The third-order valence-corrected chi connectivity index (χ3v) is 3.57. The Hall–Kier alpha value is -2.73. The number of nitrogens with zero attached hydrogens (tertiary/aromatic N) is 4. The zero-order valence-corrected chi connectivity index (χ0v) is 13.2. The number of hydrogen-bond acceptors (Lipinski definition) is 4. The van der Waals surface area contributed by atoms with Crippen LogP contribution in [0, 0.1) is 6.92 Å². The average Bonchev–Trinajstić information content (AvgIpc) is 3.00. The van der Waals surface area contributed by atoms with Gasteiger partial charge in [0, 0.05) is 24.0 Å². The molecule has 116 valence electrons. The fraction of sp³-hybridized carbons (Fsp3) is 0.125. The van der Waals surface area contributed by atoms with Crippen molar-refractivity contribution in [2.45, 2.75) is 13.5 Å². The number of aryl methyl sites for hydroxylation is 1. The normalized spacial score (nSPS) is 10.5. The number of hydrogen-bond donors (Lipinski definition) is 1. The summed E-state index contributed by atoms with van der Waals surface area (Å²) in [5, 5.41) is 11.5. The molecule has 0 aliphatic heterocycles. The van der Waals surface area contributed by atoms with E-state index in [1.54, 1.807) is 41.2 Å². The van der Waals surface area contributed by atoms with E-state index in [2.05, 4.69) is 20.5 Å². The van der Waals surface area contributed by atoms with Gasteiger partial charge < -0.3 is 5.32 Å². The van der Waals surface area contributed by atoms with Crippen LogP contribution in [-0.4, -0.2) is 25.7 Å². The topological polar surface area (TPSA) is 72.7 Å². The molecule has 2 aromatic heterocycles. The van der Waals surface area contributed by atoms with Gasteiger partial charge in [0.2, 0.25) is 0 Å². The lowest BCUT2D eigenvalue weighted by Gasteiger charge is -2.06. The van der Waals surface area contributed by atoms with Crippen molar-refractivity contribution in [2.24, 2.45) is 0 Å². The van der Waals surface area contributed by atoms with Crippen molar-refractivity contribution < 1.29 is 4.79 Å². The van der Waals surface area contributed by atoms with Crippen LogP contribution in [0.25, 0.3) is 5.82 Å². The van der Waals surface area contributed by atoms with Crippen molar-refractivity contribution in [3.05, 3.63) is 70.9 Å². The first-order chi connectivity index (χ1) is 11.1. The highest BCUT2D eigenvalue weighted by molar-refractivity contribution is 6.30. The summed E-state index contributed by atoms with van der Waals surface area (Å²) in [7, 11) is 0. The fourth-order valence-corrected chi connectivity index (χ4v) is 2.20. The van der Waals surface area contributed by atoms with Crippen molar-refractivity contribution in [3.8, 4) is 5.82 Å². The minimum absolute atomic E-state index is 0.264. The number of nitrogens with one attached hydrogen (secondary N) is 1. The summed E-state index contributed by atoms with van der Waals surface area (Å²) >= 11 is 5.83. The van der Waals surface area contributed by atoms with Crippen LogP contribution in [0.3, 0.4) is 0 Å². The zero-order chi connectivity index (χ0) is 16.2. The molecule has 0 aliphatic rings. The number of carbonyl (C=O) groups excluding carboxylic acids is 1. The molecular weight excluding hydrogens is 314 g/mol. The van der Waals surface area contributed by atoms with Gasteiger partial charge in [0.25, 0.3) is 5.91 Å². The molecule has 7 heteroatoms. The summed E-state index contributed by atoms with van der Waals surface area (Å²) in [5.74, 6) is 1.15. The van der Waals surface area contributed by atoms with Crippen molar-refractivity contribution in [2.75, 3.05) is 0 Å². The van der Waals surface area contributed by atoms with Gasteiger partial charge in [-0.1, -0.05) is 23.7 Å². The largest absolute Gasteiger partial charge is 0.347 e. The molecule has 0 saturated heterocycles. The van der Waals surface area contributed by atoms with E-state index in [9.17, 15) is 4.79 Å². The van der Waals surface area contributed by atoms with Gasteiger partial charge in [0.05, 0.1) is 0 Å². The minimum Gasteiger partial charge on any atom is -0.347 e. The van der Waals surface area contributed by atoms with E-state index in [1.165, 1.54) is 0 Å². The molecule has 6 nitrogen and oxygen atoms in total. The van der Waals surface area contributed by atoms with E-state index in [0.717, 1.165) is 11.4 Å². The summed E-state index contributed by atoms with van der Waals surface area (Å²) in [4.78, 5) is 16.2. The second-order valence-electron chi connectivity index (χ2n) is 4.93. The van der Waals surface area contributed by atoms with Gasteiger partial charge in [-0.2, -0.15) is 0 Å². The lowest BCUT2D eigenvalue weighted by atomic mass is 10.2. The molecule has 0 unspecified atom stereocenters. The average molecular weight is 328 g/mol. The van der Waals surface area contributed by atoms with Crippen LogP contribution in [0.5, 0.6) is 0 Å².